The maximum Gasteiger partial charge on any atom is 0.0441 e. The summed E-state index contributed by atoms with van der Waals surface area (Å²) < 4.78 is 0. The molecule has 1 nitrogen and oxygen atoms in total. The van der Waals surface area contributed by atoms with E-state index in [4.69, 9.17) is 0 Å². The highest BCUT2D eigenvalue weighted by molar-refractivity contribution is 7.99. The average molecular weight is 257 g/mol. The van der Waals surface area contributed by atoms with Gasteiger partial charge in [-0.05, 0) is 35.4 Å². The van der Waals surface area contributed by atoms with Crippen LogP contribution in [0.4, 0.5) is 0 Å². The predicted octanol–water partition coefficient (Wildman–Crippen LogP) is 4.13. The molecule has 0 amide bonds. The van der Waals surface area contributed by atoms with Crippen LogP contribution in [0.2, 0.25) is 0 Å². The van der Waals surface area contributed by atoms with Gasteiger partial charge in [0.1, 0.15) is 0 Å². The average Bonchev–Trinajstić information content (AvgIpc) is 2.45. The van der Waals surface area contributed by atoms with Crippen molar-refractivity contribution in [2.75, 3.05) is 7.05 Å². The van der Waals surface area contributed by atoms with E-state index in [1.54, 1.807) is 0 Å². The standard InChI is InChI=1S/C16H19NS/c1-3-15-16(17-2)13-9-8-11-6-4-5-7-12(11)14(13)10-18-15/h4-9,15-17H,3,10H2,1-2H3. The topological polar surface area (TPSA) is 12.0 Å². The molecule has 94 valence electrons. The lowest BCUT2D eigenvalue weighted by molar-refractivity contribution is 0.547. The second-order valence-electron chi connectivity index (χ2n) is 4.88. The molecule has 1 heterocycles. The molecule has 2 aromatic rings. The Morgan fingerprint density at radius 3 is 2.83 bits per heavy atom. The van der Waals surface area contributed by atoms with Gasteiger partial charge < -0.3 is 5.32 Å². The maximum absolute atomic E-state index is 3.50. The van der Waals surface area contributed by atoms with Crippen molar-refractivity contribution in [3.05, 3.63) is 47.5 Å². The molecule has 3 rings (SSSR count). The molecule has 0 fully saturated rings. The molecule has 0 aliphatic carbocycles. The molecule has 0 aromatic heterocycles. The molecule has 0 spiro atoms. The number of benzene rings is 2. The lowest BCUT2D eigenvalue weighted by atomic mass is 9.92. The second kappa shape index (κ2) is 4.94. The van der Waals surface area contributed by atoms with E-state index in [2.05, 4.69) is 67.4 Å². The molecular weight excluding hydrogens is 238 g/mol. The van der Waals surface area contributed by atoms with E-state index in [9.17, 15) is 0 Å². The Labute approximate surface area is 113 Å². The van der Waals surface area contributed by atoms with Gasteiger partial charge in [-0.15, -0.1) is 0 Å². The van der Waals surface area contributed by atoms with Crippen molar-refractivity contribution in [1.29, 1.82) is 0 Å². The SMILES string of the molecule is CCC1SCc2c(ccc3ccccc23)C1NC. The highest BCUT2D eigenvalue weighted by atomic mass is 32.2. The second-order valence-corrected chi connectivity index (χ2v) is 6.11. The van der Waals surface area contributed by atoms with E-state index in [1.165, 1.54) is 28.3 Å². The third-order valence-corrected chi connectivity index (χ3v) is 5.43. The highest BCUT2D eigenvalue weighted by Crippen LogP contribution is 2.41. The third kappa shape index (κ3) is 1.84. The summed E-state index contributed by atoms with van der Waals surface area (Å²) in [6.45, 7) is 2.29. The van der Waals surface area contributed by atoms with Crippen LogP contribution in [0.1, 0.15) is 30.5 Å². The molecule has 2 heteroatoms. The van der Waals surface area contributed by atoms with E-state index >= 15 is 0 Å². The maximum atomic E-state index is 3.50. The van der Waals surface area contributed by atoms with Crippen LogP contribution in [0.3, 0.4) is 0 Å². The first kappa shape index (κ1) is 12.1. The zero-order chi connectivity index (χ0) is 12.5. The first-order chi connectivity index (χ1) is 8.85. The van der Waals surface area contributed by atoms with Gasteiger partial charge in [-0.3, -0.25) is 0 Å². The van der Waals surface area contributed by atoms with Crippen LogP contribution in [0.25, 0.3) is 10.8 Å². The van der Waals surface area contributed by atoms with Gasteiger partial charge in [-0.25, -0.2) is 0 Å². The number of rotatable bonds is 2. The van der Waals surface area contributed by atoms with Crippen molar-refractivity contribution >= 4 is 22.5 Å². The Morgan fingerprint density at radius 2 is 2.06 bits per heavy atom. The molecule has 1 N–H and O–H groups in total. The fourth-order valence-corrected chi connectivity index (χ4v) is 4.40. The fourth-order valence-electron chi connectivity index (χ4n) is 2.99. The fraction of sp³-hybridized carbons (Fsp3) is 0.375. The van der Waals surface area contributed by atoms with Gasteiger partial charge in [-0.1, -0.05) is 43.3 Å². The summed E-state index contributed by atoms with van der Waals surface area (Å²) in [4.78, 5) is 0. The van der Waals surface area contributed by atoms with Crippen molar-refractivity contribution in [3.8, 4) is 0 Å². The Hall–Kier alpha value is -0.990. The molecule has 0 saturated heterocycles. The number of nitrogens with one attached hydrogen (secondary N) is 1. The molecule has 0 radical (unpaired) electrons. The van der Waals surface area contributed by atoms with Gasteiger partial charge in [-0.2, -0.15) is 11.8 Å². The molecular formula is C16H19NS. The normalized spacial score (nSPS) is 23.0. The third-order valence-electron chi connectivity index (χ3n) is 3.94. The largest absolute Gasteiger partial charge is 0.312 e. The van der Waals surface area contributed by atoms with Crippen LogP contribution in [0, 0.1) is 0 Å². The van der Waals surface area contributed by atoms with Crippen LogP contribution in [-0.2, 0) is 5.75 Å². The summed E-state index contributed by atoms with van der Waals surface area (Å²) in [7, 11) is 2.08. The monoisotopic (exact) mass is 257 g/mol. The van der Waals surface area contributed by atoms with E-state index < -0.39 is 0 Å². The van der Waals surface area contributed by atoms with Crippen molar-refractivity contribution in [2.45, 2.75) is 30.4 Å². The van der Waals surface area contributed by atoms with Crippen molar-refractivity contribution < 1.29 is 0 Å². The summed E-state index contributed by atoms with van der Waals surface area (Å²) in [6.07, 6.45) is 1.22. The minimum Gasteiger partial charge on any atom is -0.312 e. The van der Waals surface area contributed by atoms with E-state index in [1.807, 2.05) is 0 Å². The summed E-state index contributed by atoms with van der Waals surface area (Å²) in [5.74, 6) is 1.15. The zero-order valence-corrected chi connectivity index (χ0v) is 11.8. The molecule has 2 unspecified atom stereocenters. The highest BCUT2D eigenvalue weighted by Gasteiger charge is 2.28. The van der Waals surface area contributed by atoms with Crippen LogP contribution in [0.15, 0.2) is 36.4 Å². The van der Waals surface area contributed by atoms with Crippen molar-refractivity contribution in [3.63, 3.8) is 0 Å². The van der Waals surface area contributed by atoms with Gasteiger partial charge in [0, 0.05) is 17.0 Å². The van der Waals surface area contributed by atoms with Gasteiger partial charge in [0.25, 0.3) is 0 Å². The number of thioether (sulfide) groups is 1. The molecule has 1 aliphatic rings. The Bertz CT molecular complexity index is 564. The number of hydrogen-bond acceptors (Lipinski definition) is 2. The Balaban J connectivity index is 2.18. The van der Waals surface area contributed by atoms with Gasteiger partial charge in [0.05, 0.1) is 0 Å². The van der Waals surface area contributed by atoms with Crippen LogP contribution in [0.5, 0.6) is 0 Å². The molecule has 0 saturated carbocycles. The predicted molar refractivity (Wildman–Crippen MR) is 81.1 cm³/mol. The smallest absolute Gasteiger partial charge is 0.0441 e. The summed E-state index contributed by atoms with van der Waals surface area (Å²) in [5.41, 5.74) is 3.03. The van der Waals surface area contributed by atoms with Crippen LogP contribution in [-0.4, -0.2) is 12.3 Å². The van der Waals surface area contributed by atoms with Gasteiger partial charge in [0.15, 0.2) is 0 Å². The molecule has 1 aliphatic heterocycles. The van der Waals surface area contributed by atoms with Crippen molar-refractivity contribution in [1.82, 2.24) is 5.32 Å². The van der Waals surface area contributed by atoms with Crippen LogP contribution < -0.4 is 5.32 Å². The zero-order valence-electron chi connectivity index (χ0n) is 10.9. The first-order valence-electron chi connectivity index (χ1n) is 6.64. The number of fused-ring (bicyclic) bond motifs is 3. The minimum atomic E-state index is 0.494. The van der Waals surface area contributed by atoms with E-state index in [0.717, 1.165) is 5.75 Å². The van der Waals surface area contributed by atoms with Gasteiger partial charge in [0.2, 0.25) is 0 Å². The van der Waals surface area contributed by atoms with Crippen molar-refractivity contribution in [2.24, 2.45) is 0 Å². The minimum absolute atomic E-state index is 0.494. The van der Waals surface area contributed by atoms with Crippen LogP contribution >= 0.6 is 11.8 Å². The summed E-state index contributed by atoms with van der Waals surface area (Å²) in [5, 5.41) is 6.99. The van der Waals surface area contributed by atoms with Gasteiger partial charge >= 0.3 is 0 Å². The Morgan fingerprint density at radius 1 is 1.22 bits per heavy atom. The molecule has 18 heavy (non-hydrogen) atoms. The lowest BCUT2D eigenvalue weighted by Crippen LogP contribution is -2.30. The molecule has 2 aromatic carbocycles. The quantitative estimate of drug-likeness (QED) is 0.868. The molecule has 2 atom stereocenters. The Kier molecular flexibility index (Phi) is 3.31. The molecule has 0 bridgehead atoms. The number of hydrogen-bond donors (Lipinski definition) is 1. The first-order valence-corrected chi connectivity index (χ1v) is 7.69. The van der Waals surface area contributed by atoms with E-state index in [-0.39, 0.29) is 0 Å². The lowest BCUT2D eigenvalue weighted by Gasteiger charge is -2.33. The van der Waals surface area contributed by atoms with E-state index in [0.29, 0.717) is 11.3 Å². The summed E-state index contributed by atoms with van der Waals surface area (Å²) >= 11 is 2.09. The summed E-state index contributed by atoms with van der Waals surface area (Å²) in [6, 6.07) is 13.8.